The van der Waals surface area contributed by atoms with Gasteiger partial charge < -0.3 is 10.4 Å². The molecule has 2 aliphatic rings. The van der Waals surface area contributed by atoms with Crippen molar-refractivity contribution in [3.63, 3.8) is 0 Å². The van der Waals surface area contributed by atoms with E-state index in [4.69, 9.17) is 0 Å². The van der Waals surface area contributed by atoms with E-state index in [-0.39, 0.29) is 5.82 Å². The summed E-state index contributed by atoms with van der Waals surface area (Å²) in [5, 5.41) is 13.6. The highest BCUT2D eigenvalue weighted by Crippen LogP contribution is 2.49. The lowest BCUT2D eigenvalue weighted by molar-refractivity contribution is 0.158. The Balaban J connectivity index is 1.51. The highest BCUT2D eigenvalue weighted by atomic mass is 19.1. The summed E-state index contributed by atoms with van der Waals surface area (Å²) in [5.74, 6) is 2.30. The van der Waals surface area contributed by atoms with Crippen molar-refractivity contribution in [3.8, 4) is 0 Å². The van der Waals surface area contributed by atoms with Crippen molar-refractivity contribution < 1.29 is 9.50 Å². The normalized spacial score (nSPS) is 31.4. The highest BCUT2D eigenvalue weighted by molar-refractivity contribution is 5.19. The zero-order chi connectivity index (χ0) is 14.1. The lowest BCUT2D eigenvalue weighted by Crippen LogP contribution is -2.38. The van der Waals surface area contributed by atoms with E-state index in [9.17, 15) is 9.50 Å². The van der Waals surface area contributed by atoms with E-state index < -0.39 is 6.10 Å². The number of nitrogens with one attached hydrogen (secondary N) is 1. The summed E-state index contributed by atoms with van der Waals surface area (Å²) in [6.07, 6.45) is 4.91. The molecule has 2 N–H and O–H groups in total. The van der Waals surface area contributed by atoms with Crippen LogP contribution in [0.5, 0.6) is 0 Å². The average molecular weight is 277 g/mol. The van der Waals surface area contributed by atoms with E-state index in [1.807, 2.05) is 0 Å². The molecule has 0 heterocycles. The average Bonchev–Trinajstić information content (AvgIpc) is 3.07. The van der Waals surface area contributed by atoms with E-state index in [0.29, 0.717) is 18.2 Å². The van der Waals surface area contributed by atoms with Crippen LogP contribution in [0.15, 0.2) is 24.3 Å². The number of benzene rings is 1. The van der Waals surface area contributed by atoms with Crippen LogP contribution in [0, 0.1) is 23.6 Å². The number of fused-ring (bicyclic) bond motifs is 2. The Kier molecular flexibility index (Phi) is 4.08. The summed E-state index contributed by atoms with van der Waals surface area (Å²) in [6, 6.07) is 6.68. The summed E-state index contributed by atoms with van der Waals surface area (Å²) in [4.78, 5) is 0. The molecule has 0 aliphatic heterocycles. The van der Waals surface area contributed by atoms with Crippen molar-refractivity contribution in [2.45, 2.75) is 44.8 Å². The van der Waals surface area contributed by atoms with Crippen molar-refractivity contribution in [3.05, 3.63) is 35.6 Å². The predicted molar refractivity (Wildman–Crippen MR) is 77.8 cm³/mol. The van der Waals surface area contributed by atoms with Gasteiger partial charge >= 0.3 is 0 Å². The van der Waals surface area contributed by atoms with Crippen LogP contribution in [0.3, 0.4) is 0 Å². The monoisotopic (exact) mass is 277 g/mol. The van der Waals surface area contributed by atoms with Crippen LogP contribution in [-0.2, 0) is 0 Å². The molecular weight excluding hydrogens is 253 g/mol. The Morgan fingerprint density at radius 3 is 2.85 bits per heavy atom. The number of rotatable bonds is 5. The fraction of sp³-hybridized carbons (Fsp3) is 0.647. The minimum atomic E-state index is -0.633. The zero-order valence-corrected chi connectivity index (χ0v) is 12.1. The van der Waals surface area contributed by atoms with Gasteiger partial charge in [-0.2, -0.15) is 0 Å². The van der Waals surface area contributed by atoms with E-state index in [1.165, 1.54) is 37.8 Å². The summed E-state index contributed by atoms with van der Waals surface area (Å²) >= 11 is 0. The number of halogens is 1. The van der Waals surface area contributed by atoms with Crippen LogP contribution >= 0.6 is 0 Å². The third kappa shape index (κ3) is 2.89. The molecule has 2 aliphatic carbocycles. The molecule has 1 aromatic rings. The first kappa shape index (κ1) is 14.0. The smallest absolute Gasteiger partial charge is 0.123 e. The minimum absolute atomic E-state index is 0.289. The van der Waals surface area contributed by atoms with Crippen LogP contribution < -0.4 is 5.32 Å². The molecule has 2 fully saturated rings. The fourth-order valence-corrected chi connectivity index (χ4v) is 4.19. The molecule has 2 saturated carbocycles. The maximum Gasteiger partial charge on any atom is 0.123 e. The molecule has 0 amide bonds. The second-order valence-corrected chi connectivity index (χ2v) is 6.61. The molecule has 2 bridgehead atoms. The van der Waals surface area contributed by atoms with Crippen molar-refractivity contribution in [1.82, 2.24) is 5.32 Å². The standard InChI is InChI=1S/C17H24FNO/c1-11(16-8-12-5-6-13(16)7-12)19-10-17(20)14-3-2-4-15(18)9-14/h2-4,9,11-13,16-17,19-20H,5-8,10H2,1H3. The first-order valence-electron chi connectivity index (χ1n) is 7.80. The number of aliphatic hydroxyl groups excluding tert-OH is 1. The van der Waals surface area contributed by atoms with Crippen LogP contribution in [0.1, 0.15) is 44.3 Å². The van der Waals surface area contributed by atoms with Gasteiger partial charge in [-0.05, 0) is 61.6 Å². The molecule has 5 unspecified atom stereocenters. The molecule has 2 nitrogen and oxygen atoms in total. The minimum Gasteiger partial charge on any atom is -0.387 e. The molecule has 20 heavy (non-hydrogen) atoms. The van der Waals surface area contributed by atoms with Gasteiger partial charge in [0.25, 0.3) is 0 Å². The van der Waals surface area contributed by atoms with E-state index >= 15 is 0 Å². The lowest BCUT2D eigenvalue weighted by atomic mass is 9.84. The van der Waals surface area contributed by atoms with Crippen LogP contribution in [0.4, 0.5) is 4.39 Å². The Morgan fingerprint density at radius 2 is 2.20 bits per heavy atom. The molecule has 3 rings (SSSR count). The second-order valence-electron chi connectivity index (χ2n) is 6.61. The third-order valence-electron chi connectivity index (χ3n) is 5.30. The van der Waals surface area contributed by atoms with Crippen LogP contribution in [-0.4, -0.2) is 17.7 Å². The molecule has 0 radical (unpaired) electrons. The van der Waals surface area contributed by atoms with Gasteiger partial charge in [0.15, 0.2) is 0 Å². The molecule has 0 aromatic heterocycles. The SMILES string of the molecule is CC(NCC(O)c1cccc(F)c1)C1CC2CCC1C2. The fourth-order valence-electron chi connectivity index (χ4n) is 4.19. The highest BCUT2D eigenvalue weighted by Gasteiger charge is 2.41. The lowest BCUT2D eigenvalue weighted by Gasteiger charge is -2.29. The zero-order valence-electron chi connectivity index (χ0n) is 12.1. The first-order chi connectivity index (χ1) is 9.63. The number of hydrogen-bond acceptors (Lipinski definition) is 2. The summed E-state index contributed by atoms with van der Waals surface area (Å²) in [5.41, 5.74) is 0.651. The maximum absolute atomic E-state index is 13.1. The molecule has 0 saturated heterocycles. The Morgan fingerprint density at radius 1 is 1.35 bits per heavy atom. The number of aliphatic hydroxyl groups is 1. The Hall–Kier alpha value is -0.930. The predicted octanol–water partition coefficient (Wildman–Crippen LogP) is 3.27. The quantitative estimate of drug-likeness (QED) is 0.865. The summed E-state index contributed by atoms with van der Waals surface area (Å²) in [7, 11) is 0. The third-order valence-corrected chi connectivity index (χ3v) is 5.30. The van der Waals surface area contributed by atoms with Gasteiger partial charge in [0.2, 0.25) is 0 Å². The maximum atomic E-state index is 13.1. The Labute approximate surface area is 120 Å². The van der Waals surface area contributed by atoms with Gasteiger partial charge in [0.05, 0.1) is 6.10 Å². The largest absolute Gasteiger partial charge is 0.387 e. The molecule has 3 heteroatoms. The van der Waals surface area contributed by atoms with Gasteiger partial charge in [0, 0.05) is 12.6 Å². The van der Waals surface area contributed by atoms with Gasteiger partial charge in [-0.15, -0.1) is 0 Å². The van der Waals surface area contributed by atoms with Crippen molar-refractivity contribution >= 4 is 0 Å². The summed E-state index contributed by atoms with van der Waals surface area (Å²) < 4.78 is 13.1. The summed E-state index contributed by atoms with van der Waals surface area (Å²) in [6.45, 7) is 2.72. The van der Waals surface area contributed by atoms with Crippen molar-refractivity contribution in [2.24, 2.45) is 17.8 Å². The van der Waals surface area contributed by atoms with Crippen molar-refractivity contribution in [1.29, 1.82) is 0 Å². The topological polar surface area (TPSA) is 32.3 Å². The Bertz CT molecular complexity index is 464. The van der Waals surface area contributed by atoms with Gasteiger partial charge in [-0.1, -0.05) is 18.6 Å². The first-order valence-corrected chi connectivity index (χ1v) is 7.80. The van der Waals surface area contributed by atoms with Crippen molar-refractivity contribution in [2.75, 3.05) is 6.54 Å². The number of hydrogen-bond donors (Lipinski definition) is 2. The second kappa shape index (κ2) is 5.82. The van der Waals surface area contributed by atoms with Gasteiger partial charge in [-0.25, -0.2) is 4.39 Å². The van der Waals surface area contributed by atoms with Crippen LogP contribution in [0.2, 0.25) is 0 Å². The van der Waals surface area contributed by atoms with Crippen LogP contribution in [0.25, 0.3) is 0 Å². The van der Waals surface area contributed by atoms with E-state index in [0.717, 1.165) is 17.8 Å². The molecular formula is C17H24FNO. The molecule has 0 spiro atoms. The molecule has 110 valence electrons. The van der Waals surface area contributed by atoms with E-state index in [2.05, 4.69) is 12.2 Å². The van der Waals surface area contributed by atoms with E-state index in [1.54, 1.807) is 12.1 Å². The molecule has 5 atom stereocenters. The van der Waals surface area contributed by atoms with Gasteiger partial charge in [-0.3, -0.25) is 0 Å². The molecule has 1 aromatic carbocycles. The van der Waals surface area contributed by atoms with Gasteiger partial charge in [0.1, 0.15) is 5.82 Å².